The first-order chi connectivity index (χ1) is 13.0. The van der Waals surface area contributed by atoms with Crippen LogP contribution in [0.4, 0.5) is 10.6 Å². The van der Waals surface area contributed by atoms with Gasteiger partial charge in [-0.15, -0.1) is 0 Å². The molecule has 8 nitrogen and oxygen atoms in total. The number of hydrogen-bond donors (Lipinski definition) is 2. The number of carbonyl (C=O) groups is 3. The van der Waals surface area contributed by atoms with Gasteiger partial charge in [-0.3, -0.25) is 19.7 Å². The van der Waals surface area contributed by atoms with E-state index in [4.69, 9.17) is 5.11 Å². The number of carboxylic acids is 1. The molecule has 0 aliphatic carbocycles. The summed E-state index contributed by atoms with van der Waals surface area (Å²) in [5, 5.41) is 11.9. The molecule has 1 aromatic carbocycles. The van der Waals surface area contributed by atoms with Crippen molar-refractivity contribution in [2.24, 2.45) is 5.92 Å². The predicted octanol–water partition coefficient (Wildman–Crippen LogP) is 2.25. The smallest absolute Gasteiger partial charge is 0.306 e. The molecule has 138 valence electrons. The fourth-order valence-electron chi connectivity index (χ4n) is 3.31. The van der Waals surface area contributed by atoms with Gasteiger partial charge in [0.15, 0.2) is 0 Å². The average Bonchev–Trinajstić information content (AvgIpc) is 2.98. The number of piperidine rings is 1. The van der Waals surface area contributed by atoms with E-state index in [1.807, 2.05) is 18.2 Å². The Balaban J connectivity index is 1.66. The van der Waals surface area contributed by atoms with Gasteiger partial charge in [0, 0.05) is 18.5 Å². The molecule has 0 unspecified atom stereocenters. The molecule has 2 saturated heterocycles. The molecule has 0 atom stereocenters. The van der Waals surface area contributed by atoms with Crippen molar-refractivity contribution in [3.63, 3.8) is 0 Å². The zero-order valence-corrected chi connectivity index (χ0v) is 15.0. The van der Waals surface area contributed by atoms with Crippen molar-refractivity contribution in [3.8, 4) is 0 Å². The highest BCUT2D eigenvalue weighted by Crippen LogP contribution is 2.30. The fourth-order valence-corrected chi connectivity index (χ4v) is 4.00. The summed E-state index contributed by atoms with van der Waals surface area (Å²) in [5.41, 5.74) is 1.54. The van der Waals surface area contributed by atoms with E-state index in [0.29, 0.717) is 30.8 Å². The second-order valence-electron chi connectivity index (χ2n) is 6.43. The SMILES string of the molecule is O=C1NC(=O)C(=Cc2ccc3ncnc(N4CCC(C(=O)O)CC4)c3c2)S1. The van der Waals surface area contributed by atoms with E-state index in [2.05, 4.69) is 20.2 Å². The number of fused-ring (bicyclic) bond motifs is 1. The Morgan fingerprint density at radius 2 is 2.04 bits per heavy atom. The van der Waals surface area contributed by atoms with Crippen LogP contribution in [0.25, 0.3) is 17.0 Å². The van der Waals surface area contributed by atoms with Crippen LogP contribution in [0.5, 0.6) is 0 Å². The summed E-state index contributed by atoms with van der Waals surface area (Å²) in [6.07, 6.45) is 4.31. The maximum Gasteiger partial charge on any atom is 0.306 e. The molecule has 9 heteroatoms. The van der Waals surface area contributed by atoms with Gasteiger partial charge in [-0.2, -0.15) is 0 Å². The minimum atomic E-state index is -0.752. The number of hydrogen-bond acceptors (Lipinski definition) is 7. The van der Waals surface area contributed by atoms with Crippen LogP contribution < -0.4 is 10.2 Å². The van der Waals surface area contributed by atoms with Gasteiger partial charge in [0.25, 0.3) is 11.1 Å². The molecule has 0 saturated carbocycles. The second-order valence-corrected chi connectivity index (χ2v) is 7.44. The van der Waals surface area contributed by atoms with E-state index in [0.717, 1.165) is 34.0 Å². The van der Waals surface area contributed by atoms with Gasteiger partial charge in [0.05, 0.1) is 16.3 Å². The molecule has 2 amide bonds. The molecule has 2 aliphatic rings. The molecule has 2 N–H and O–H groups in total. The fraction of sp³-hybridized carbons (Fsp3) is 0.278. The molecule has 2 aliphatic heterocycles. The van der Waals surface area contributed by atoms with Crippen molar-refractivity contribution in [3.05, 3.63) is 35.0 Å². The highest BCUT2D eigenvalue weighted by Gasteiger charge is 2.27. The molecule has 0 radical (unpaired) electrons. The van der Waals surface area contributed by atoms with Gasteiger partial charge in [0.2, 0.25) is 0 Å². The first-order valence-electron chi connectivity index (χ1n) is 8.48. The lowest BCUT2D eigenvalue weighted by Crippen LogP contribution is -2.36. The van der Waals surface area contributed by atoms with Gasteiger partial charge < -0.3 is 10.0 Å². The number of benzene rings is 1. The van der Waals surface area contributed by atoms with E-state index in [9.17, 15) is 14.4 Å². The summed E-state index contributed by atoms with van der Waals surface area (Å²) in [6.45, 7) is 1.22. The van der Waals surface area contributed by atoms with Crippen LogP contribution in [-0.4, -0.2) is 45.3 Å². The molecule has 27 heavy (non-hydrogen) atoms. The Morgan fingerprint density at radius 1 is 1.26 bits per heavy atom. The van der Waals surface area contributed by atoms with Crippen LogP contribution in [0.3, 0.4) is 0 Å². The number of rotatable bonds is 3. The summed E-state index contributed by atoms with van der Waals surface area (Å²) >= 11 is 0.873. The van der Waals surface area contributed by atoms with Crippen LogP contribution in [0.15, 0.2) is 29.4 Å². The number of nitrogens with one attached hydrogen (secondary N) is 1. The number of imide groups is 1. The van der Waals surface area contributed by atoms with Crippen molar-refractivity contribution >= 4 is 51.7 Å². The molecule has 1 aromatic heterocycles. The van der Waals surface area contributed by atoms with E-state index in [1.165, 1.54) is 6.33 Å². The highest BCUT2D eigenvalue weighted by molar-refractivity contribution is 8.18. The Morgan fingerprint density at radius 3 is 2.70 bits per heavy atom. The molecule has 2 fully saturated rings. The van der Waals surface area contributed by atoms with Crippen LogP contribution in [0.2, 0.25) is 0 Å². The first-order valence-corrected chi connectivity index (χ1v) is 9.30. The van der Waals surface area contributed by atoms with E-state index in [-0.39, 0.29) is 11.2 Å². The van der Waals surface area contributed by atoms with Gasteiger partial charge in [-0.1, -0.05) is 6.07 Å². The largest absolute Gasteiger partial charge is 0.481 e. The number of nitrogens with zero attached hydrogens (tertiary/aromatic N) is 3. The van der Waals surface area contributed by atoms with Crippen LogP contribution >= 0.6 is 11.8 Å². The maximum atomic E-state index is 11.8. The number of carbonyl (C=O) groups excluding carboxylic acids is 2. The monoisotopic (exact) mass is 384 g/mol. The summed E-state index contributed by atoms with van der Waals surface area (Å²) in [4.78, 5) is 45.3. The Hall–Kier alpha value is -2.94. The van der Waals surface area contributed by atoms with Crippen LogP contribution in [0, 0.1) is 5.92 Å². The highest BCUT2D eigenvalue weighted by atomic mass is 32.2. The Labute approximate surface area is 158 Å². The summed E-state index contributed by atoms with van der Waals surface area (Å²) in [7, 11) is 0. The van der Waals surface area contributed by atoms with Crippen molar-refractivity contribution in [1.29, 1.82) is 0 Å². The van der Waals surface area contributed by atoms with E-state index < -0.39 is 11.9 Å². The normalized spacial score (nSPS) is 19.7. The minimum Gasteiger partial charge on any atom is -0.481 e. The van der Waals surface area contributed by atoms with Gasteiger partial charge >= 0.3 is 5.97 Å². The van der Waals surface area contributed by atoms with Crippen molar-refractivity contribution in [2.45, 2.75) is 12.8 Å². The lowest BCUT2D eigenvalue weighted by molar-refractivity contribution is -0.142. The topological polar surface area (TPSA) is 112 Å². The number of amides is 2. The van der Waals surface area contributed by atoms with E-state index in [1.54, 1.807) is 6.08 Å². The number of aliphatic carboxylic acids is 1. The average molecular weight is 384 g/mol. The lowest BCUT2D eigenvalue weighted by Gasteiger charge is -2.31. The first kappa shape index (κ1) is 17.5. The van der Waals surface area contributed by atoms with E-state index >= 15 is 0 Å². The number of aromatic nitrogens is 2. The molecule has 0 bridgehead atoms. The zero-order chi connectivity index (χ0) is 19.0. The number of carboxylic acid groups (broad SMARTS) is 1. The van der Waals surface area contributed by atoms with Crippen LogP contribution in [-0.2, 0) is 9.59 Å². The molecule has 4 rings (SSSR count). The summed E-state index contributed by atoms with van der Waals surface area (Å²) in [5.74, 6) is -0.711. The van der Waals surface area contributed by atoms with Crippen molar-refractivity contribution in [2.75, 3.05) is 18.0 Å². The molecule has 3 heterocycles. The van der Waals surface area contributed by atoms with Gasteiger partial charge in [-0.25, -0.2) is 9.97 Å². The lowest BCUT2D eigenvalue weighted by atomic mass is 9.97. The standard InChI is InChI=1S/C18H16N4O4S/c23-16-14(27-18(26)21-16)8-10-1-2-13-12(7-10)15(20-9-19-13)22-5-3-11(4-6-22)17(24)25/h1-2,7-9,11H,3-6H2,(H,24,25)(H,21,23,26). The van der Waals surface area contributed by atoms with Crippen molar-refractivity contribution < 1.29 is 19.5 Å². The Kier molecular flexibility index (Phi) is 4.53. The Bertz CT molecular complexity index is 982. The molecule has 2 aromatic rings. The molecular weight excluding hydrogens is 368 g/mol. The van der Waals surface area contributed by atoms with Gasteiger partial charge in [0.1, 0.15) is 12.1 Å². The maximum absolute atomic E-state index is 11.8. The zero-order valence-electron chi connectivity index (χ0n) is 14.2. The predicted molar refractivity (Wildman–Crippen MR) is 101 cm³/mol. The van der Waals surface area contributed by atoms with Crippen molar-refractivity contribution in [1.82, 2.24) is 15.3 Å². The van der Waals surface area contributed by atoms with Crippen LogP contribution in [0.1, 0.15) is 18.4 Å². The van der Waals surface area contributed by atoms with Gasteiger partial charge in [-0.05, 0) is 48.4 Å². The summed E-state index contributed by atoms with van der Waals surface area (Å²) < 4.78 is 0. The quantitative estimate of drug-likeness (QED) is 0.775. The third kappa shape index (κ3) is 3.50. The minimum absolute atomic E-state index is 0.315. The molecule has 0 spiro atoms. The third-order valence-electron chi connectivity index (χ3n) is 4.72. The second kappa shape index (κ2) is 6.99. The number of thioether (sulfide) groups is 1. The molecular formula is C18H16N4O4S. The number of anilines is 1. The third-order valence-corrected chi connectivity index (χ3v) is 5.53. The summed E-state index contributed by atoms with van der Waals surface area (Å²) in [6, 6.07) is 5.56.